The third-order valence-electron chi connectivity index (χ3n) is 2.98. The molecule has 1 aromatic carbocycles. The maximum Gasteiger partial charge on any atom is 0.270 e. The largest absolute Gasteiger partial charge is 0.395 e. The Balaban J connectivity index is 2.30. The molecular weight excluding hydrogens is 316 g/mol. The van der Waals surface area contributed by atoms with Gasteiger partial charge in [-0.15, -0.1) is 0 Å². The van der Waals surface area contributed by atoms with Gasteiger partial charge in [0.2, 0.25) is 0 Å². The fraction of sp³-hybridized carbons (Fsp3) is 0.417. The van der Waals surface area contributed by atoms with E-state index in [2.05, 4.69) is 15.9 Å². The van der Waals surface area contributed by atoms with Gasteiger partial charge >= 0.3 is 0 Å². The summed E-state index contributed by atoms with van der Waals surface area (Å²) in [6, 6.07) is 4.24. The Kier molecular flexibility index (Phi) is 4.16. The quantitative estimate of drug-likeness (QED) is 0.661. The van der Waals surface area contributed by atoms with Crippen molar-refractivity contribution in [1.82, 2.24) is 4.90 Å². The van der Waals surface area contributed by atoms with Crippen LogP contribution in [0.1, 0.15) is 23.2 Å². The molecule has 0 spiro atoms. The highest BCUT2D eigenvalue weighted by molar-refractivity contribution is 9.10. The van der Waals surface area contributed by atoms with Gasteiger partial charge in [0.05, 0.1) is 17.1 Å². The number of amides is 1. The van der Waals surface area contributed by atoms with Crippen LogP contribution in [0.4, 0.5) is 5.69 Å². The number of rotatable bonds is 5. The molecule has 1 fully saturated rings. The van der Waals surface area contributed by atoms with E-state index in [0.717, 1.165) is 12.8 Å². The highest BCUT2D eigenvalue weighted by Gasteiger charge is 2.33. The van der Waals surface area contributed by atoms with Crippen LogP contribution in [0.25, 0.3) is 0 Å². The van der Waals surface area contributed by atoms with Gasteiger partial charge < -0.3 is 10.0 Å². The first-order valence-corrected chi connectivity index (χ1v) is 6.69. The molecule has 1 aliphatic rings. The van der Waals surface area contributed by atoms with Crippen LogP contribution < -0.4 is 0 Å². The third kappa shape index (κ3) is 3.10. The molecule has 0 heterocycles. The number of nitrogens with zero attached hydrogens (tertiary/aromatic N) is 2. The Morgan fingerprint density at radius 2 is 2.21 bits per heavy atom. The van der Waals surface area contributed by atoms with Crippen LogP contribution in [0.2, 0.25) is 0 Å². The molecule has 2 rings (SSSR count). The Labute approximate surface area is 118 Å². The molecule has 0 atom stereocenters. The molecule has 0 aliphatic heterocycles. The van der Waals surface area contributed by atoms with Crippen molar-refractivity contribution in [3.63, 3.8) is 0 Å². The molecule has 7 heteroatoms. The Morgan fingerprint density at radius 3 is 2.74 bits per heavy atom. The van der Waals surface area contributed by atoms with E-state index in [1.165, 1.54) is 18.2 Å². The molecule has 0 saturated heterocycles. The van der Waals surface area contributed by atoms with Gasteiger partial charge in [0, 0.05) is 29.2 Å². The van der Waals surface area contributed by atoms with Crippen molar-refractivity contribution in [2.24, 2.45) is 0 Å². The zero-order valence-electron chi connectivity index (χ0n) is 10.1. The number of aliphatic hydroxyl groups is 1. The smallest absolute Gasteiger partial charge is 0.270 e. The SMILES string of the molecule is O=C(c1cc([N+](=O)[O-])ccc1Br)N(CCO)C1CC1. The first kappa shape index (κ1) is 14.0. The predicted molar refractivity (Wildman–Crippen MR) is 71.9 cm³/mol. The van der Waals surface area contributed by atoms with Crippen molar-refractivity contribution in [3.05, 3.63) is 38.3 Å². The molecule has 0 radical (unpaired) electrons. The minimum Gasteiger partial charge on any atom is -0.395 e. The first-order valence-electron chi connectivity index (χ1n) is 5.90. The molecule has 6 nitrogen and oxygen atoms in total. The summed E-state index contributed by atoms with van der Waals surface area (Å²) in [6.45, 7) is 0.132. The van der Waals surface area contributed by atoms with Crippen molar-refractivity contribution in [1.29, 1.82) is 0 Å². The lowest BCUT2D eigenvalue weighted by Crippen LogP contribution is -2.35. The maximum absolute atomic E-state index is 12.4. The summed E-state index contributed by atoms with van der Waals surface area (Å²) in [5.74, 6) is -0.285. The van der Waals surface area contributed by atoms with Crippen molar-refractivity contribution < 1.29 is 14.8 Å². The number of aliphatic hydroxyl groups excluding tert-OH is 1. The van der Waals surface area contributed by atoms with E-state index in [1.807, 2.05) is 0 Å². The number of carbonyl (C=O) groups is 1. The van der Waals surface area contributed by atoms with E-state index in [-0.39, 0.29) is 36.4 Å². The lowest BCUT2D eigenvalue weighted by atomic mass is 10.1. The van der Waals surface area contributed by atoms with Crippen LogP contribution in [0, 0.1) is 10.1 Å². The normalized spacial score (nSPS) is 14.2. The monoisotopic (exact) mass is 328 g/mol. The van der Waals surface area contributed by atoms with E-state index in [4.69, 9.17) is 5.11 Å². The Morgan fingerprint density at radius 1 is 1.53 bits per heavy atom. The molecule has 1 aromatic rings. The summed E-state index contributed by atoms with van der Waals surface area (Å²) in [5, 5.41) is 19.8. The predicted octanol–water partition coefficient (Wildman–Crippen LogP) is 1.95. The lowest BCUT2D eigenvalue weighted by molar-refractivity contribution is -0.384. The zero-order valence-corrected chi connectivity index (χ0v) is 11.7. The summed E-state index contributed by atoms with van der Waals surface area (Å²) < 4.78 is 0.520. The molecule has 102 valence electrons. The second-order valence-electron chi connectivity index (χ2n) is 4.37. The van der Waals surface area contributed by atoms with Crippen LogP contribution in [0.5, 0.6) is 0 Å². The second kappa shape index (κ2) is 5.66. The maximum atomic E-state index is 12.4. The van der Waals surface area contributed by atoms with Gasteiger partial charge in [-0.2, -0.15) is 0 Å². The minimum absolute atomic E-state index is 0.116. The van der Waals surface area contributed by atoms with Gasteiger partial charge in [0.15, 0.2) is 0 Å². The third-order valence-corrected chi connectivity index (χ3v) is 3.67. The zero-order chi connectivity index (χ0) is 14.0. The summed E-state index contributed by atoms with van der Waals surface area (Å²) in [6.07, 6.45) is 1.83. The van der Waals surface area contributed by atoms with Crippen molar-refractivity contribution in [3.8, 4) is 0 Å². The van der Waals surface area contributed by atoms with Crippen molar-refractivity contribution >= 4 is 27.5 Å². The number of carbonyl (C=O) groups excluding carboxylic acids is 1. The fourth-order valence-corrected chi connectivity index (χ4v) is 2.31. The number of non-ortho nitro benzene ring substituents is 1. The van der Waals surface area contributed by atoms with Gasteiger partial charge in [-0.1, -0.05) is 0 Å². The summed E-state index contributed by atoms with van der Waals surface area (Å²) in [4.78, 5) is 24.2. The molecule has 1 N–H and O–H groups in total. The average molecular weight is 329 g/mol. The van der Waals surface area contributed by atoms with Crippen LogP contribution in [0.15, 0.2) is 22.7 Å². The number of benzene rings is 1. The van der Waals surface area contributed by atoms with E-state index < -0.39 is 4.92 Å². The minimum atomic E-state index is -0.531. The van der Waals surface area contributed by atoms with E-state index >= 15 is 0 Å². The standard InChI is InChI=1S/C12H13BrN2O4/c13-11-4-3-9(15(18)19)7-10(11)12(17)14(5-6-16)8-1-2-8/h3-4,7-8,16H,1-2,5-6H2. The van der Waals surface area contributed by atoms with Crippen LogP contribution >= 0.6 is 15.9 Å². The molecule has 0 bridgehead atoms. The number of nitro groups is 1. The first-order chi connectivity index (χ1) is 9.04. The van der Waals surface area contributed by atoms with Crippen molar-refractivity contribution in [2.45, 2.75) is 18.9 Å². The number of hydrogen-bond donors (Lipinski definition) is 1. The molecule has 1 amide bonds. The van der Waals surface area contributed by atoms with Gasteiger partial charge in [-0.3, -0.25) is 14.9 Å². The summed E-state index contributed by atoms with van der Waals surface area (Å²) >= 11 is 3.24. The Bertz CT molecular complexity index is 516. The number of hydrogen-bond acceptors (Lipinski definition) is 4. The van der Waals surface area contributed by atoms with E-state index in [0.29, 0.717) is 4.47 Å². The molecule has 19 heavy (non-hydrogen) atoms. The summed E-state index contributed by atoms with van der Waals surface area (Å²) in [5.41, 5.74) is 0.140. The highest BCUT2D eigenvalue weighted by atomic mass is 79.9. The van der Waals surface area contributed by atoms with Crippen LogP contribution in [-0.4, -0.2) is 40.0 Å². The van der Waals surface area contributed by atoms with E-state index in [9.17, 15) is 14.9 Å². The van der Waals surface area contributed by atoms with Crippen molar-refractivity contribution in [2.75, 3.05) is 13.2 Å². The van der Waals surface area contributed by atoms with Gasteiger partial charge in [0.1, 0.15) is 0 Å². The fourth-order valence-electron chi connectivity index (χ4n) is 1.89. The van der Waals surface area contributed by atoms with Gasteiger partial charge in [0.25, 0.3) is 11.6 Å². The van der Waals surface area contributed by atoms with Gasteiger partial charge in [-0.25, -0.2) is 0 Å². The van der Waals surface area contributed by atoms with Crippen LogP contribution in [-0.2, 0) is 0 Å². The van der Waals surface area contributed by atoms with E-state index in [1.54, 1.807) is 4.90 Å². The lowest BCUT2D eigenvalue weighted by Gasteiger charge is -2.21. The number of halogens is 1. The summed E-state index contributed by atoms with van der Waals surface area (Å²) in [7, 11) is 0. The molecular formula is C12H13BrN2O4. The topological polar surface area (TPSA) is 83.7 Å². The van der Waals surface area contributed by atoms with Crippen LogP contribution in [0.3, 0.4) is 0 Å². The molecule has 0 aromatic heterocycles. The Hall–Kier alpha value is -1.47. The molecule has 0 unspecified atom stereocenters. The average Bonchev–Trinajstić information content (AvgIpc) is 3.19. The highest BCUT2D eigenvalue weighted by Crippen LogP contribution is 2.30. The number of nitro benzene ring substituents is 1. The molecule has 1 saturated carbocycles. The van der Waals surface area contributed by atoms with Gasteiger partial charge in [-0.05, 0) is 34.8 Å². The second-order valence-corrected chi connectivity index (χ2v) is 5.23. The molecule has 1 aliphatic carbocycles.